The molecule has 1 aliphatic rings. The summed E-state index contributed by atoms with van der Waals surface area (Å²) in [6.07, 6.45) is 0.881. The minimum absolute atomic E-state index is 0.0589. The van der Waals surface area contributed by atoms with Gasteiger partial charge in [0.2, 0.25) is 5.76 Å². The fourth-order valence-corrected chi connectivity index (χ4v) is 5.70. The maximum Gasteiger partial charge on any atom is 0.350 e. The third-order valence-corrected chi connectivity index (χ3v) is 7.81. The summed E-state index contributed by atoms with van der Waals surface area (Å²) in [5.41, 5.74) is 1.24. The summed E-state index contributed by atoms with van der Waals surface area (Å²) in [6, 6.07) is 11.3. The average molecular weight is 563 g/mol. The lowest BCUT2D eigenvalue weighted by molar-refractivity contribution is 0.0605. The normalized spacial score (nSPS) is 14.6. The predicted molar refractivity (Wildman–Crippen MR) is 152 cm³/mol. The van der Waals surface area contributed by atoms with Gasteiger partial charge in [0.25, 0.3) is 5.91 Å². The van der Waals surface area contributed by atoms with Gasteiger partial charge in [0.1, 0.15) is 10.5 Å². The van der Waals surface area contributed by atoms with Gasteiger partial charge >= 0.3 is 5.97 Å². The number of aromatic nitrogens is 1. The van der Waals surface area contributed by atoms with E-state index in [0.29, 0.717) is 52.9 Å². The van der Waals surface area contributed by atoms with E-state index in [1.165, 1.54) is 12.0 Å². The number of para-hydroxylation sites is 1. The fraction of sp³-hybridized carbons (Fsp3) is 0.333. The van der Waals surface area contributed by atoms with Crippen molar-refractivity contribution in [3.8, 4) is 11.5 Å². The molecule has 2 aromatic heterocycles. The molecule has 5 rings (SSSR count). The number of hydrogen-bond acceptors (Lipinski definition) is 9. The molecule has 10 heteroatoms. The Balaban J connectivity index is 1.69. The highest BCUT2D eigenvalue weighted by molar-refractivity contribution is 7.17. The smallest absolute Gasteiger partial charge is 0.350 e. The SMILES string of the molecule is CCOc1cc(C2c3c(oc4ccccc4c3=O)C(=O)N2c2nc(C)c(C(=O)OC)s2)ccc1OCCC(C)C. The number of fused-ring (bicyclic) bond motifs is 2. The van der Waals surface area contributed by atoms with Crippen LogP contribution in [0.4, 0.5) is 5.13 Å². The van der Waals surface area contributed by atoms with Crippen molar-refractivity contribution in [1.29, 1.82) is 0 Å². The molecule has 4 aromatic rings. The number of amides is 1. The Morgan fingerprint density at radius 3 is 2.62 bits per heavy atom. The molecule has 3 heterocycles. The van der Waals surface area contributed by atoms with E-state index in [-0.39, 0.29) is 26.8 Å². The maximum absolute atomic E-state index is 13.9. The molecule has 208 valence electrons. The number of nitrogens with zero attached hydrogens (tertiary/aromatic N) is 2. The predicted octanol–water partition coefficient (Wildman–Crippen LogP) is 5.92. The van der Waals surface area contributed by atoms with Gasteiger partial charge in [-0.05, 0) is 56.0 Å². The molecule has 0 aliphatic carbocycles. The summed E-state index contributed by atoms with van der Waals surface area (Å²) < 4.78 is 22.8. The van der Waals surface area contributed by atoms with E-state index < -0.39 is 17.9 Å². The van der Waals surface area contributed by atoms with Crippen LogP contribution >= 0.6 is 11.3 Å². The zero-order valence-corrected chi connectivity index (χ0v) is 23.8. The second-order valence-electron chi connectivity index (χ2n) is 9.82. The van der Waals surface area contributed by atoms with Crippen molar-refractivity contribution < 1.29 is 28.2 Å². The number of anilines is 1. The number of benzene rings is 2. The Morgan fingerprint density at radius 2 is 1.90 bits per heavy atom. The van der Waals surface area contributed by atoms with E-state index in [4.69, 9.17) is 18.6 Å². The number of carbonyl (C=O) groups excluding carboxylic acids is 2. The third kappa shape index (κ3) is 4.83. The third-order valence-electron chi connectivity index (χ3n) is 6.68. The lowest BCUT2D eigenvalue weighted by Crippen LogP contribution is -2.29. The van der Waals surface area contributed by atoms with E-state index in [0.717, 1.165) is 17.8 Å². The standard InChI is InChI=1S/C30H30N2O7S/c1-6-37-22-15-18(11-12-21(22)38-14-13-16(2)3)24-23-25(33)19-9-7-8-10-20(19)39-26(23)28(34)32(24)30-31-17(4)27(40-30)29(35)36-5/h7-12,15-16,24H,6,13-14H2,1-5H3. The highest BCUT2D eigenvalue weighted by Crippen LogP contribution is 2.45. The molecule has 9 nitrogen and oxygen atoms in total. The zero-order valence-electron chi connectivity index (χ0n) is 23.0. The number of methoxy groups -OCH3 is 1. The molecule has 0 radical (unpaired) electrons. The topological polar surface area (TPSA) is 108 Å². The largest absolute Gasteiger partial charge is 0.490 e. The van der Waals surface area contributed by atoms with Crippen LogP contribution in [0.3, 0.4) is 0 Å². The minimum Gasteiger partial charge on any atom is -0.490 e. The average Bonchev–Trinajstić information content (AvgIpc) is 3.46. The van der Waals surface area contributed by atoms with Gasteiger partial charge in [-0.1, -0.05) is 43.4 Å². The number of rotatable bonds is 9. The van der Waals surface area contributed by atoms with E-state index in [1.54, 1.807) is 43.3 Å². The van der Waals surface area contributed by atoms with Crippen molar-refractivity contribution in [2.75, 3.05) is 25.2 Å². The Bertz CT molecular complexity index is 1660. The number of esters is 1. The van der Waals surface area contributed by atoms with Crippen LogP contribution in [0.15, 0.2) is 51.7 Å². The van der Waals surface area contributed by atoms with Crippen LogP contribution < -0.4 is 19.8 Å². The Hall–Kier alpha value is -4.18. The van der Waals surface area contributed by atoms with Crippen LogP contribution in [0.1, 0.15) is 70.3 Å². The summed E-state index contributed by atoms with van der Waals surface area (Å²) in [4.78, 5) is 46.3. The van der Waals surface area contributed by atoms with Crippen molar-refractivity contribution in [3.63, 3.8) is 0 Å². The van der Waals surface area contributed by atoms with Gasteiger partial charge in [0, 0.05) is 0 Å². The van der Waals surface area contributed by atoms with Gasteiger partial charge in [-0.15, -0.1) is 0 Å². The van der Waals surface area contributed by atoms with E-state index in [9.17, 15) is 14.4 Å². The molecule has 0 saturated heterocycles. The first-order valence-corrected chi connectivity index (χ1v) is 13.9. The molecule has 1 amide bonds. The number of carbonyl (C=O) groups is 2. The van der Waals surface area contributed by atoms with Crippen molar-refractivity contribution in [1.82, 2.24) is 4.98 Å². The molecule has 0 N–H and O–H groups in total. The van der Waals surface area contributed by atoms with Gasteiger partial charge in [-0.25, -0.2) is 9.78 Å². The molecular weight excluding hydrogens is 532 g/mol. The molecular formula is C30H30N2O7S. The minimum atomic E-state index is -0.872. The molecule has 1 aliphatic heterocycles. The second-order valence-corrected chi connectivity index (χ2v) is 10.8. The highest BCUT2D eigenvalue weighted by atomic mass is 32.1. The first kappa shape index (κ1) is 27.4. The number of thiazole rings is 1. The number of hydrogen-bond donors (Lipinski definition) is 0. The van der Waals surface area contributed by atoms with E-state index in [2.05, 4.69) is 18.8 Å². The van der Waals surface area contributed by atoms with Crippen molar-refractivity contribution in [3.05, 3.63) is 80.1 Å². The van der Waals surface area contributed by atoms with Crippen LogP contribution in [0.5, 0.6) is 11.5 Å². The highest BCUT2D eigenvalue weighted by Gasteiger charge is 2.45. The van der Waals surface area contributed by atoms with Crippen LogP contribution in [0, 0.1) is 12.8 Å². The quantitative estimate of drug-likeness (QED) is 0.231. The van der Waals surface area contributed by atoms with Gasteiger partial charge in [0.15, 0.2) is 22.1 Å². The lowest BCUT2D eigenvalue weighted by Gasteiger charge is -2.23. The van der Waals surface area contributed by atoms with Crippen molar-refractivity contribution in [2.24, 2.45) is 5.92 Å². The first-order valence-electron chi connectivity index (χ1n) is 13.1. The molecule has 1 atom stereocenters. The van der Waals surface area contributed by atoms with Crippen LogP contribution in [-0.4, -0.2) is 37.2 Å². The summed E-state index contributed by atoms with van der Waals surface area (Å²) in [7, 11) is 1.29. The lowest BCUT2D eigenvalue weighted by atomic mass is 9.98. The van der Waals surface area contributed by atoms with Crippen LogP contribution in [-0.2, 0) is 4.74 Å². The van der Waals surface area contributed by atoms with Gasteiger partial charge in [0.05, 0.1) is 43.0 Å². The van der Waals surface area contributed by atoms with E-state index in [1.807, 2.05) is 13.0 Å². The second kappa shape index (κ2) is 11.1. The Morgan fingerprint density at radius 1 is 1.12 bits per heavy atom. The van der Waals surface area contributed by atoms with Gasteiger partial charge in [-0.3, -0.25) is 14.5 Å². The maximum atomic E-state index is 13.9. The summed E-state index contributed by atoms with van der Waals surface area (Å²) >= 11 is 1.02. The van der Waals surface area contributed by atoms with Gasteiger partial charge < -0.3 is 18.6 Å². The number of ether oxygens (including phenoxy) is 3. The Labute approximate surface area is 235 Å². The van der Waals surface area contributed by atoms with Crippen molar-refractivity contribution >= 4 is 39.3 Å². The number of aryl methyl sites for hydroxylation is 1. The first-order chi connectivity index (χ1) is 19.2. The fourth-order valence-electron chi connectivity index (χ4n) is 4.69. The van der Waals surface area contributed by atoms with Crippen LogP contribution in [0.2, 0.25) is 0 Å². The summed E-state index contributed by atoms with van der Waals surface area (Å²) in [5, 5.41) is 0.614. The summed E-state index contributed by atoms with van der Waals surface area (Å²) in [6.45, 7) is 8.72. The van der Waals surface area contributed by atoms with Crippen LogP contribution in [0.25, 0.3) is 11.0 Å². The van der Waals surface area contributed by atoms with Crippen molar-refractivity contribution in [2.45, 2.75) is 40.2 Å². The van der Waals surface area contributed by atoms with E-state index >= 15 is 0 Å². The molecule has 0 fully saturated rings. The molecule has 2 aromatic carbocycles. The summed E-state index contributed by atoms with van der Waals surface area (Å²) in [5.74, 6) is 0.421. The zero-order chi connectivity index (χ0) is 28.6. The Kier molecular flexibility index (Phi) is 7.62. The molecule has 0 spiro atoms. The monoisotopic (exact) mass is 562 g/mol. The molecule has 40 heavy (non-hydrogen) atoms. The van der Waals surface area contributed by atoms with Gasteiger partial charge in [-0.2, -0.15) is 0 Å². The molecule has 1 unspecified atom stereocenters. The molecule has 0 bridgehead atoms. The molecule has 0 saturated carbocycles.